The lowest BCUT2D eigenvalue weighted by Gasteiger charge is -2.23. The van der Waals surface area contributed by atoms with E-state index < -0.39 is 0 Å². The quantitative estimate of drug-likeness (QED) is 0.453. The molecule has 0 radical (unpaired) electrons. The molecule has 3 aromatic rings. The monoisotopic (exact) mass is 416 g/mol. The fourth-order valence-corrected chi connectivity index (χ4v) is 4.62. The lowest BCUT2D eigenvalue weighted by Crippen LogP contribution is -2.19. The van der Waals surface area contributed by atoms with Gasteiger partial charge in [0.25, 0.3) is 0 Å². The molecule has 0 aliphatic carbocycles. The second kappa shape index (κ2) is 8.10. The number of para-hydroxylation sites is 1. The third kappa shape index (κ3) is 5.03. The Morgan fingerprint density at radius 2 is 2.00 bits per heavy atom. The van der Waals surface area contributed by atoms with E-state index in [0.29, 0.717) is 12.1 Å². The molecule has 0 saturated carbocycles. The molecule has 0 bridgehead atoms. The van der Waals surface area contributed by atoms with Gasteiger partial charge in [0.05, 0.1) is 20.9 Å². The van der Waals surface area contributed by atoms with Crippen molar-refractivity contribution in [3.8, 4) is 16.3 Å². The zero-order chi connectivity index (χ0) is 20.5. The van der Waals surface area contributed by atoms with Gasteiger partial charge in [0.2, 0.25) is 5.91 Å². The zero-order valence-electron chi connectivity index (χ0n) is 16.5. The molecule has 0 fully saturated rings. The lowest BCUT2D eigenvalue weighted by atomic mass is 9.84. The lowest BCUT2D eigenvalue weighted by molar-refractivity contribution is -0.117. The summed E-state index contributed by atoms with van der Waals surface area (Å²) in [5.74, 6) is -0.0158. The first-order valence-corrected chi connectivity index (χ1v) is 10.5. The predicted octanol–water partition coefficient (Wildman–Crippen LogP) is 6.72. The first-order chi connectivity index (χ1) is 13.1. The molecule has 1 aromatic heterocycles. The van der Waals surface area contributed by atoms with Crippen LogP contribution in [0.1, 0.15) is 40.5 Å². The maximum atomic E-state index is 12.5. The number of halogens is 1. The minimum absolute atomic E-state index is 0.122. The summed E-state index contributed by atoms with van der Waals surface area (Å²) in [5, 5.41) is 14.1. The Hall–Kier alpha value is -2.11. The maximum absolute atomic E-state index is 12.5. The Morgan fingerprint density at radius 1 is 1.29 bits per heavy atom. The second-order valence-electron chi connectivity index (χ2n) is 8.46. The van der Waals surface area contributed by atoms with Crippen molar-refractivity contribution in [3.05, 3.63) is 41.4 Å². The van der Waals surface area contributed by atoms with Crippen molar-refractivity contribution >= 4 is 44.7 Å². The largest absolute Gasteiger partial charge is 0.504 e. The van der Waals surface area contributed by atoms with E-state index in [1.165, 1.54) is 0 Å². The molecule has 28 heavy (non-hydrogen) atoms. The maximum Gasteiger partial charge on any atom is 0.224 e. The van der Waals surface area contributed by atoms with Gasteiger partial charge in [-0.2, -0.15) is 0 Å². The minimum atomic E-state index is -0.135. The molecule has 1 amide bonds. The standard InChI is InChI=1S/C22H25ClN2O2S/c1-13(12-22(2,3)4)9-19(26)24-17-11-14(10-15(23)20(17)27)21-25-16-7-5-6-8-18(16)28-21/h5-8,10-11,13,27H,9,12H2,1-4H3,(H,24,26). The number of benzene rings is 2. The van der Waals surface area contributed by atoms with Crippen molar-refractivity contribution in [2.45, 2.75) is 40.5 Å². The van der Waals surface area contributed by atoms with Crippen LogP contribution in [0.15, 0.2) is 36.4 Å². The topological polar surface area (TPSA) is 62.2 Å². The van der Waals surface area contributed by atoms with Crippen molar-refractivity contribution in [2.24, 2.45) is 11.3 Å². The molecular weight excluding hydrogens is 392 g/mol. The number of phenolic OH excluding ortho intramolecular Hbond substituents is 1. The number of carbonyl (C=O) groups is 1. The number of thiazole rings is 1. The van der Waals surface area contributed by atoms with E-state index >= 15 is 0 Å². The third-order valence-corrected chi connectivity index (χ3v) is 5.75. The fraction of sp³-hybridized carbons (Fsp3) is 0.364. The fourth-order valence-electron chi connectivity index (χ4n) is 3.45. The first kappa shape index (κ1) is 20.6. The number of aromatic nitrogens is 1. The van der Waals surface area contributed by atoms with Crippen LogP contribution in [0.4, 0.5) is 5.69 Å². The first-order valence-electron chi connectivity index (χ1n) is 9.31. The number of carbonyl (C=O) groups excluding carboxylic acids is 1. The number of rotatable bonds is 5. The van der Waals surface area contributed by atoms with Gasteiger partial charge in [-0.3, -0.25) is 4.79 Å². The molecule has 148 valence electrons. The van der Waals surface area contributed by atoms with E-state index in [1.807, 2.05) is 24.3 Å². The smallest absolute Gasteiger partial charge is 0.224 e. The number of phenols is 1. The van der Waals surface area contributed by atoms with Gasteiger partial charge in [0, 0.05) is 12.0 Å². The van der Waals surface area contributed by atoms with E-state index in [9.17, 15) is 9.90 Å². The molecule has 0 saturated heterocycles. The summed E-state index contributed by atoms with van der Waals surface area (Å²) in [6.45, 7) is 8.55. The summed E-state index contributed by atoms with van der Waals surface area (Å²) in [6.07, 6.45) is 1.33. The van der Waals surface area contributed by atoms with Crippen LogP contribution in [0.2, 0.25) is 5.02 Å². The molecule has 2 aromatic carbocycles. The van der Waals surface area contributed by atoms with Crippen molar-refractivity contribution in [3.63, 3.8) is 0 Å². The van der Waals surface area contributed by atoms with E-state index in [-0.39, 0.29) is 28.0 Å². The van der Waals surface area contributed by atoms with E-state index in [0.717, 1.165) is 27.2 Å². The summed E-state index contributed by atoms with van der Waals surface area (Å²) in [5.41, 5.74) is 2.16. The summed E-state index contributed by atoms with van der Waals surface area (Å²) in [4.78, 5) is 17.1. The van der Waals surface area contributed by atoms with Crippen LogP contribution in [0.5, 0.6) is 5.75 Å². The number of nitrogens with one attached hydrogen (secondary N) is 1. The molecule has 2 N–H and O–H groups in total. The van der Waals surface area contributed by atoms with Crippen molar-refractivity contribution in [1.82, 2.24) is 4.98 Å². The number of amides is 1. The van der Waals surface area contributed by atoms with E-state index in [1.54, 1.807) is 23.5 Å². The van der Waals surface area contributed by atoms with E-state index in [2.05, 4.69) is 38.0 Å². The van der Waals surface area contributed by atoms with Crippen LogP contribution in [0, 0.1) is 11.3 Å². The predicted molar refractivity (Wildman–Crippen MR) is 118 cm³/mol. The van der Waals surface area contributed by atoms with E-state index in [4.69, 9.17) is 11.6 Å². The molecule has 0 aliphatic heterocycles. The molecule has 4 nitrogen and oxygen atoms in total. The van der Waals surface area contributed by atoms with Crippen LogP contribution in [-0.4, -0.2) is 16.0 Å². The SMILES string of the molecule is CC(CC(=O)Nc1cc(-c2nc3ccccc3s2)cc(Cl)c1O)CC(C)(C)C. The van der Waals surface area contributed by atoms with Gasteiger partial charge >= 0.3 is 0 Å². The highest BCUT2D eigenvalue weighted by Crippen LogP contribution is 2.39. The number of nitrogens with zero attached hydrogens (tertiary/aromatic N) is 1. The Bertz CT molecular complexity index is 974. The number of hydrogen-bond acceptors (Lipinski definition) is 4. The van der Waals surface area contributed by atoms with Crippen molar-refractivity contribution < 1.29 is 9.90 Å². The van der Waals surface area contributed by atoms with Gasteiger partial charge in [-0.05, 0) is 42.0 Å². The highest BCUT2D eigenvalue weighted by molar-refractivity contribution is 7.21. The minimum Gasteiger partial charge on any atom is -0.504 e. The zero-order valence-corrected chi connectivity index (χ0v) is 18.1. The highest BCUT2D eigenvalue weighted by Gasteiger charge is 2.19. The summed E-state index contributed by atoms with van der Waals surface area (Å²) in [7, 11) is 0. The van der Waals surface area contributed by atoms with Crippen molar-refractivity contribution in [2.75, 3.05) is 5.32 Å². The third-order valence-electron chi connectivity index (χ3n) is 4.37. The molecule has 3 rings (SSSR count). The van der Waals surface area contributed by atoms with Crippen LogP contribution >= 0.6 is 22.9 Å². The van der Waals surface area contributed by atoms with Crippen LogP contribution in [-0.2, 0) is 4.79 Å². The van der Waals surface area contributed by atoms with Gasteiger partial charge in [-0.25, -0.2) is 4.98 Å². The number of hydrogen-bond donors (Lipinski definition) is 2. The summed E-state index contributed by atoms with van der Waals surface area (Å²) >= 11 is 7.76. The molecule has 6 heteroatoms. The van der Waals surface area contributed by atoms with Crippen molar-refractivity contribution in [1.29, 1.82) is 0 Å². The molecule has 1 atom stereocenters. The number of fused-ring (bicyclic) bond motifs is 1. The number of aromatic hydroxyl groups is 1. The summed E-state index contributed by atoms with van der Waals surface area (Å²) in [6, 6.07) is 11.3. The highest BCUT2D eigenvalue weighted by atomic mass is 35.5. The van der Waals surface area contributed by atoms with Gasteiger partial charge < -0.3 is 10.4 Å². The van der Waals surface area contributed by atoms with Gasteiger partial charge in [-0.1, -0.05) is 51.4 Å². The normalized spacial score (nSPS) is 12.9. The summed E-state index contributed by atoms with van der Waals surface area (Å²) < 4.78 is 1.07. The van der Waals surface area contributed by atoms with Gasteiger partial charge in [0.1, 0.15) is 5.01 Å². The second-order valence-corrected chi connectivity index (χ2v) is 9.90. The Kier molecular flexibility index (Phi) is 5.96. The molecule has 1 heterocycles. The van der Waals surface area contributed by atoms with Crippen LogP contribution in [0.25, 0.3) is 20.8 Å². The van der Waals surface area contributed by atoms with Crippen LogP contribution in [0.3, 0.4) is 0 Å². The van der Waals surface area contributed by atoms with Crippen LogP contribution < -0.4 is 5.32 Å². The molecule has 1 unspecified atom stereocenters. The average molecular weight is 417 g/mol. The Labute approximate surface area is 174 Å². The molecular formula is C22H25ClN2O2S. The Balaban J connectivity index is 1.82. The number of anilines is 1. The molecule has 0 spiro atoms. The van der Waals surface area contributed by atoms with Gasteiger partial charge in [0.15, 0.2) is 5.75 Å². The molecule has 0 aliphatic rings. The van der Waals surface area contributed by atoms with Gasteiger partial charge in [-0.15, -0.1) is 11.3 Å². The Morgan fingerprint density at radius 3 is 2.68 bits per heavy atom. The average Bonchev–Trinajstić information content (AvgIpc) is 3.01.